The number of nitrogens with zero attached hydrogens (tertiary/aromatic N) is 2. The molecular weight excluding hydrogens is 442 g/mol. The van der Waals surface area contributed by atoms with E-state index >= 15 is 0 Å². The first-order valence-corrected chi connectivity index (χ1v) is 13.8. The molecule has 1 aliphatic carbocycles. The van der Waals surface area contributed by atoms with E-state index in [9.17, 15) is 0 Å². The molecule has 188 valence electrons. The minimum absolute atomic E-state index is 0.215. The average Bonchev–Trinajstić information content (AvgIpc) is 3.31. The number of methoxy groups -OCH3 is 1. The number of rotatable bonds is 9. The van der Waals surface area contributed by atoms with Crippen LogP contribution in [0.2, 0.25) is 0 Å². The Hall–Kier alpha value is -1.47. The number of ether oxygens (including phenoxy) is 1. The summed E-state index contributed by atoms with van der Waals surface area (Å²) in [6.45, 7) is 12.5. The van der Waals surface area contributed by atoms with E-state index in [0.29, 0.717) is 18.7 Å². The second-order valence-corrected chi connectivity index (χ2v) is 12.3. The molecule has 1 atom stereocenters. The fourth-order valence-corrected chi connectivity index (χ4v) is 6.50. The van der Waals surface area contributed by atoms with Gasteiger partial charge in [-0.25, -0.2) is 4.98 Å². The number of piperidine rings is 1. The third-order valence-corrected chi connectivity index (χ3v) is 8.86. The summed E-state index contributed by atoms with van der Waals surface area (Å²) in [5, 5.41) is 16.3. The van der Waals surface area contributed by atoms with Gasteiger partial charge in [0.15, 0.2) is 5.13 Å². The standard InChI is InChI=1S/C28H43N3O2S/c1-27(2)12-13-28(3,4)24-17-20(8-9-23(24)27)25-19-34-26(30-25)31-14-10-21(11-15-31)29-22(18-33-5)7-6-16-32/h8-9,17,19,21-22,29,32H,6-7,10-16,18H2,1-5H3. The summed E-state index contributed by atoms with van der Waals surface area (Å²) in [7, 11) is 1.75. The van der Waals surface area contributed by atoms with Crippen LogP contribution >= 0.6 is 11.3 Å². The van der Waals surface area contributed by atoms with Crippen molar-refractivity contribution in [1.29, 1.82) is 0 Å². The summed E-state index contributed by atoms with van der Waals surface area (Å²) in [5.41, 5.74) is 5.81. The Labute approximate surface area is 209 Å². The van der Waals surface area contributed by atoms with Crippen molar-refractivity contribution in [3.05, 3.63) is 34.7 Å². The van der Waals surface area contributed by atoms with E-state index in [1.165, 1.54) is 29.5 Å². The van der Waals surface area contributed by atoms with Crippen molar-refractivity contribution in [1.82, 2.24) is 10.3 Å². The highest BCUT2D eigenvalue weighted by Gasteiger charge is 2.37. The van der Waals surface area contributed by atoms with Crippen molar-refractivity contribution >= 4 is 16.5 Å². The highest BCUT2D eigenvalue weighted by Crippen LogP contribution is 2.47. The Morgan fingerprint density at radius 1 is 1.15 bits per heavy atom. The van der Waals surface area contributed by atoms with Gasteiger partial charge in [0.1, 0.15) is 0 Å². The molecule has 6 heteroatoms. The zero-order chi connectivity index (χ0) is 24.3. The van der Waals surface area contributed by atoms with Gasteiger partial charge in [0.05, 0.1) is 12.3 Å². The number of aliphatic hydroxyl groups excluding tert-OH is 1. The van der Waals surface area contributed by atoms with Crippen LogP contribution in [0.3, 0.4) is 0 Å². The Bertz CT molecular complexity index is 947. The number of hydrogen-bond donors (Lipinski definition) is 2. The second-order valence-electron chi connectivity index (χ2n) is 11.5. The number of anilines is 1. The van der Waals surface area contributed by atoms with Crippen LogP contribution in [-0.4, -0.2) is 55.6 Å². The van der Waals surface area contributed by atoms with Crippen LogP contribution in [0.1, 0.15) is 77.3 Å². The van der Waals surface area contributed by atoms with E-state index in [-0.39, 0.29) is 17.4 Å². The lowest BCUT2D eigenvalue weighted by Gasteiger charge is -2.42. The molecule has 1 saturated heterocycles. The fraction of sp³-hybridized carbons (Fsp3) is 0.679. The molecule has 2 heterocycles. The van der Waals surface area contributed by atoms with Crippen molar-refractivity contribution in [3.63, 3.8) is 0 Å². The molecule has 0 amide bonds. The molecule has 2 aliphatic rings. The van der Waals surface area contributed by atoms with Gasteiger partial charge < -0.3 is 20.1 Å². The van der Waals surface area contributed by atoms with E-state index < -0.39 is 0 Å². The van der Waals surface area contributed by atoms with Crippen molar-refractivity contribution < 1.29 is 9.84 Å². The number of aromatic nitrogens is 1. The van der Waals surface area contributed by atoms with Gasteiger partial charge in [0, 0.05) is 49.8 Å². The maximum atomic E-state index is 9.16. The Morgan fingerprint density at radius 3 is 2.53 bits per heavy atom. The van der Waals surface area contributed by atoms with Gasteiger partial charge in [-0.2, -0.15) is 0 Å². The van der Waals surface area contributed by atoms with Crippen LogP contribution in [0.5, 0.6) is 0 Å². The number of thiazole rings is 1. The summed E-state index contributed by atoms with van der Waals surface area (Å²) < 4.78 is 5.37. The van der Waals surface area contributed by atoms with Gasteiger partial charge in [0.25, 0.3) is 0 Å². The van der Waals surface area contributed by atoms with Gasteiger partial charge >= 0.3 is 0 Å². The highest BCUT2D eigenvalue weighted by atomic mass is 32.1. The van der Waals surface area contributed by atoms with Gasteiger partial charge in [-0.15, -0.1) is 11.3 Å². The summed E-state index contributed by atoms with van der Waals surface area (Å²) in [4.78, 5) is 7.51. The highest BCUT2D eigenvalue weighted by molar-refractivity contribution is 7.14. The largest absolute Gasteiger partial charge is 0.396 e. The maximum absolute atomic E-state index is 9.16. The first-order chi connectivity index (χ1) is 16.2. The minimum Gasteiger partial charge on any atom is -0.396 e. The topological polar surface area (TPSA) is 57.6 Å². The summed E-state index contributed by atoms with van der Waals surface area (Å²) in [5.74, 6) is 0. The van der Waals surface area contributed by atoms with E-state index in [4.69, 9.17) is 14.8 Å². The number of aliphatic hydroxyl groups is 1. The molecule has 1 aromatic heterocycles. The summed E-state index contributed by atoms with van der Waals surface area (Å²) in [6.07, 6.45) is 6.46. The zero-order valence-electron chi connectivity index (χ0n) is 21.7. The molecule has 4 rings (SSSR count). The van der Waals surface area contributed by atoms with Crippen LogP contribution in [0, 0.1) is 0 Å². The molecule has 1 aliphatic heterocycles. The van der Waals surface area contributed by atoms with E-state index in [1.54, 1.807) is 18.4 Å². The molecule has 0 saturated carbocycles. The number of nitrogens with one attached hydrogen (secondary N) is 1. The molecule has 2 N–H and O–H groups in total. The van der Waals surface area contributed by atoms with Crippen LogP contribution in [0.4, 0.5) is 5.13 Å². The van der Waals surface area contributed by atoms with E-state index in [0.717, 1.165) is 49.6 Å². The summed E-state index contributed by atoms with van der Waals surface area (Å²) >= 11 is 1.77. The van der Waals surface area contributed by atoms with Gasteiger partial charge in [0.2, 0.25) is 0 Å². The van der Waals surface area contributed by atoms with Crippen LogP contribution in [0.15, 0.2) is 23.6 Å². The predicted molar refractivity (Wildman–Crippen MR) is 143 cm³/mol. The van der Waals surface area contributed by atoms with Gasteiger partial charge in [-0.1, -0.05) is 39.8 Å². The van der Waals surface area contributed by atoms with Crippen LogP contribution in [-0.2, 0) is 15.6 Å². The first kappa shape index (κ1) is 25.6. The Morgan fingerprint density at radius 2 is 1.85 bits per heavy atom. The number of hydrogen-bond acceptors (Lipinski definition) is 6. The molecule has 1 unspecified atom stereocenters. The minimum atomic E-state index is 0.215. The van der Waals surface area contributed by atoms with Crippen LogP contribution in [0.25, 0.3) is 11.3 Å². The SMILES string of the molecule is COCC(CCCO)NC1CCN(c2nc(-c3ccc4c(c3)C(C)(C)CCC4(C)C)cs2)CC1. The monoisotopic (exact) mass is 485 g/mol. The van der Waals surface area contributed by atoms with Crippen LogP contribution < -0.4 is 10.2 Å². The van der Waals surface area contributed by atoms with Gasteiger partial charge in [-0.05, 0) is 66.5 Å². The zero-order valence-corrected chi connectivity index (χ0v) is 22.5. The normalized spacial score (nSPS) is 20.8. The lowest BCUT2D eigenvalue weighted by atomic mass is 9.63. The molecule has 0 bridgehead atoms. The van der Waals surface area contributed by atoms with Gasteiger partial charge in [-0.3, -0.25) is 0 Å². The maximum Gasteiger partial charge on any atom is 0.185 e. The Kier molecular flexibility index (Phi) is 8.02. The van der Waals surface area contributed by atoms with E-state index in [1.807, 2.05) is 0 Å². The smallest absolute Gasteiger partial charge is 0.185 e. The average molecular weight is 486 g/mol. The molecular formula is C28H43N3O2S. The number of fused-ring (bicyclic) bond motifs is 1. The quantitative estimate of drug-likeness (QED) is 0.491. The predicted octanol–water partition coefficient (Wildman–Crippen LogP) is 5.51. The molecule has 0 spiro atoms. The fourth-order valence-electron chi connectivity index (χ4n) is 5.61. The molecule has 0 radical (unpaired) electrons. The van der Waals surface area contributed by atoms with E-state index in [2.05, 4.69) is 61.5 Å². The van der Waals surface area contributed by atoms with Crippen molar-refractivity contribution in [2.75, 3.05) is 38.3 Å². The van der Waals surface area contributed by atoms with Crippen molar-refractivity contribution in [2.24, 2.45) is 0 Å². The first-order valence-electron chi connectivity index (χ1n) is 13.0. The second kappa shape index (κ2) is 10.7. The lowest BCUT2D eigenvalue weighted by molar-refractivity contribution is 0.147. The van der Waals surface area contributed by atoms with Crippen molar-refractivity contribution in [2.45, 2.75) is 89.1 Å². The molecule has 1 fully saturated rings. The third-order valence-electron chi connectivity index (χ3n) is 7.96. The molecule has 2 aromatic rings. The Balaban J connectivity index is 1.41. The molecule has 1 aromatic carbocycles. The number of benzene rings is 1. The molecule has 34 heavy (non-hydrogen) atoms. The summed E-state index contributed by atoms with van der Waals surface area (Å²) in [6, 6.07) is 7.86. The van der Waals surface area contributed by atoms with Crippen molar-refractivity contribution in [3.8, 4) is 11.3 Å². The third kappa shape index (κ3) is 5.67. The molecule has 5 nitrogen and oxygen atoms in total. The lowest BCUT2D eigenvalue weighted by Crippen LogP contribution is -2.47.